The quantitative estimate of drug-likeness (QED) is 0.661. The number of aryl methyl sites for hydroxylation is 1. The van der Waals surface area contributed by atoms with E-state index in [1.807, 2.05) is 0 Å². The van der Waals surface area contributed by atoms with Crippen molar-refractivity contribution in [2.45, 2.75) is 76.6 Å². The number of imidazole rings is 1. The first kappa shape index (κ1) is 17.8. The molecular weight excluding hydrogens is 296 g/mol. The molecule has 22 heavy (non-hydrogen) atoms. The SMILES string of the molecule is CCCCCCCc1nc(CCO)cn1SC1CCCCO1. The summed E-state index contributed by atoms with van der Waals surface area (Å²) in [5, 5.41) is 9.13. The Hall–Kier alpha value is -0.520. The highest BCUT2D eigenvalue weighted by atomic mass is 32.2. The maximum Gasteiger partial charge on any atom is 0.123 e. The van der Waals surface area contributed by atoms with Crippen molar-refractivity contribution in [1.29, 1.82) is 0 Å². The predicted molar refractivity (Wildman–Crippen MR) is 92.1 cm³/mol. The number of aliphatic hydroxyl groups excluding tert-OH is 1. The minimum Gasteiger partial charge on any atom is -0.396 e. The normalized spacial score (nSPS) is 18.7. The molecule has 1 aromatic rings. The van der Waals surface area contributed by atoms with Gasteiger partial charge in [0.15, 0.2) is 0 Å². The van der Waals surface area contributed by atoms with Gasteiger partial charge in [-0.2, -0.15) is 0 Å². The topological polar surface area (TPSA) is 47.3 Å². The summed E-state index contributed by atoms with van der Waals surface area (Å²) in [7, 11) is 0. The van der Waals surface area contributed by atoms with Crippen LogP contribution in [0.2, 0.25) is 0 Å². The highest BCUT2D eigenvalue weighted by molar-refractivity contribution is 7.98. The number of ether oxygens (including phenoxy) is 1. The van der Waals surface area contributed by atoms with Gasteiger partial charge in [0.1, 0.15) is 11.3 Å². The van der Waals surface area contributed by atoms with Crippen LogP contribution < -0.4 is 0 Å². The first-order chi connectivity index (χ1) is 10.8. The molecule has 126 valence electrons. The Morgan fingerprint density at radius 2 is 2.14 bits per heavy atom. The minimum atomic E-state index is 0.164. The van der Waals surface area contributed by atoms with Crippen molar-refractivity contribution in [2.24, 2.45) is 0 Å². The number of unbranched alkanes of at least 4 members (excludes halogenated alkanes) is 4. The third kappa shape index (κ3) is 5.94. The molecule has 4 nitrogen and oxygen atoms in total. The molecule has 0 saturated carbocycles. The average Bonchev–Trinajstić information content (AvgIpc) is 2.90. The summed E-state index contributed by atoms with van der Waals surface area (Å²) >= 11 is 1.76. The number of aliphatic hydroxyl groups is 1. The average molecular weight is 327 g/mol. The van der Waals surface area contributed by atoms with Gasteiger partial charge >= 0.3 is 0 Å². The van der Waals surface area contributed by atoms with Crippen LogP contribution in [0.1, 0.15) is 69.8 Å². The molecule has 1 N–H and O–H groups in total. The van der Waals surface area contributed by atoms with E-state index < -0.39 is 0 Å². The summed E-state index contributed by atoms with van der Waals surface area (Å²) < 4.78 is 8.02. The Bertz CT molecular complexity index is 417. The molecule has 1 saturated heterocycles. The van der Waals surface area contributed by atoms with E-state index >= 15 is 0 Å². The molecule has 1 fully saturated rings. The van der Waals surface area contributed by atoms with Gasteiger partial charge in [0.25, 0.3) is 0 Å². The number of aromatic nitrogens is 2. The minimum absolute atomic E-state index is 0.164. The summed E-state index contributed by atoms with van der Waals surface area (Å²) in [4.78, 5) is 4.71. The number of hydrogen-bond donors (Lipinski definition) is 1. The van der Waals surface area contributed by atoms with Crippen LogP contribution in [0.3, 0.4) is 0 Å². The lowest BCUT2D eigenvalue weighted by Crippen LogP contribution is -2.17. The summed E-state index contributed by atoms with van der Waals surface area (Å²) in [5.74, 6) is 1.14. The van der Waals surface area contributed by atoms with Gasteiger partial charge in [-0.15, -0.1) is 0 Å². The van der Waals surface area contributed by atoms with Crippen LogP contribution in [0.25, 0.3) is 0 Å². The van der Waals surface area contributed by atoms with Crippen molar-refractivity contribution < 1.29 is 9.84 Å². The monoisotopic (exact) mass is 326 g/mol. The Labute approximate surface area is 138 Å². The standard InChI is InChI=1S/C17H30N2O2S/c1-2-3-4-5-6-9-16-18-15(11-12-20)14-19(16)22-17-10-7-8-13-21-17/h14,17,20H,2-13H2,1H3. The fourth-order valence-corrected chi connectivity index (χ4v) is 3.87. The lowest BCUT2D eigenvalue weighted by atomic mass is 10.1. The largest absolute Gasteiger partial charge is 0.396 e. The van der Waals surface area contributed by atoms with Gasteiger partial charge in [-0.1, -0.05) is 32.6 Å². The van der Waals surface area contributed by atoms with Gasteiger partial charge in [0.05, 0.1) is 5.69 Å². The van der Waals surface area contributed by atoms with Crippen LogP contribution in [-0.2, 0) is 17.6 Å². The van der Waals surface area contributed by atoms with E-state index in [0.29, 0.717) is 6.42 Å². The summed E-state index contributed by atoms with van der Waals surface area (Å²) in [6.07, 6.45) is 13.7. The molecule has 0 bridgehead atoms. The first-order valence-corrected chi connectivity index (χ1v) is 9.64. The van der Waals surface area contributed by atoms with Gasteiger partial charge in [-0.3, -0.25) is 3.97 Å². The second kappa shape index (κ2) is 10.3. The van der Waals surface area contributed by atoms with Crippen molar-refractivity contribution in [2.75, 3.05) is 13.2 Å². The van der Waals surface area contributed by atoms with Gasteiger partial charge < -0.3 is 9.84 Å². The van der Waals surface area contributed by atoms with Gasteiger partial charge in [-0.05, 0) is 37.6 Å². The van der Waals surface area contributed by atoms with Crippen LogP contribution in [0.4, 0.5) is 0 Å². The second-order valence-corrected chi connectivity index (χ2v) is 7.14. The van der Waals surface area contributed by atoms with Crippen molar-refractivity contribution in [3.8, 4) is 0 Å². The molecule has 2 heterocycles. The lowest BCUT2D eigenvalue weighted by molar-refractivity contribution is 0.0724. The lowest BCUT2D eigenvalue weighted by Gasteiger charge is -2.22. The Morgan fingerprint density at radius 1 is 1.27 bits per heavy atom. The first-order valence-electron chi connectivity index (χ1n) is 8.80. The van der Waals surface area contributed by atoms with E-state index in [9.17, 15) is 0 Å². The highest BCUT2D eigenvalue weighted by Gasteiger charge is 2.18. The van der Waals surface area contributed by atoms with Crippen LogP contribution in [0.15, 0.2) is 6.20 Å². The molecule has 1 aromatic heterocycles. The van der Waals surface area contributed by atoms with E-state index in [1.165, 1.54) is 44.9 Å². The fraction of sp³-hybridized carbons (Fsp3) is 0.824. The third-order valence-electron chi connectivity index (χ3n) is 4.03. The zero-order chi connectivity index (χ0) is 15.6. The van der Waals surface area contributed by atoms with Crippen LogP contribution in [0, 0.1) is 0 Å². The Morgan fingerprint density at radius 3 is 2.86 bits per heavy atom. The molecule has 1 unspecified atom stereocenters. The van der Waals surface area contributed by atoms with E-state index in [0.717, 1.165) is 31.0 Å². The highest BCUT2D eigenvalue weighted by Crippen LogP contribution is 2.27. The van der Waals surface area contributed by atoms with E-state index in [1.54, 1.807) is 11.9 Å². The van der Waals surface area contributed by atoms with Crippen LogP contribution >= 0.6 is 11.9 Å². The Balaban J connectivity index is 1.89. The smallest absolute Gasteiger partial charge is 0.123 e. The summed E-state index contributed by atoms with van der Waals surface area (Å²) in [6.45, 7) is 3.29. The molecule has 0 spiro atoms. The van der Waals surface area contributed by atoms with Gasteiger partial charge in [0.2, 0.25) is 0 Å². The molecule has 1 aliphatic rings. The molecule has 0 aliphatic carbocycles. The molecule has 0 aromatic carbocycles. The summed E-state index contributed by atoms with van der Waals surface area (Å²) in [6, 6.07) is 0. The molecule has 1 aliphatic heterocycles. The van der Waals surface area contributed by atoms with Gasteiger partial charge in [0, 0.05) is 32.3 Å². The zero-order valence-corrected chi connectivity index (χ0v) is 14.6. The van der Waals surface area contributed by atoms with E-state index in [-0.39, 0.29) is 12.0 Å². The Kier molecular flexibility index (Phi) is 8.34. The van der Waals surface area contributed by atoms with E-state index in [2.05, 4.69) is 17.1 Å². The second-order valence-electron chi connectivity index (χ2n) is 6.01. The van der Waals surface area contributed by atoms with Crippen molar-refractivity contribution in [3.63, 3.8) is 0 Å². The zero-order valence-electron chi connectivity index (χ0n) is 13.8. The molecule has 0 radical (unpaired) electrons. The number of hydrogen-bond acceptors (Lipinski definition) is 4. The van der Waals surface area contributed by atoms with Crippen LogP contribution in [0.5, 0.6) is 0 Å². The maximum atomic E-state index is 9.13. The van der Waals surface area contributed by atoms with Crippen molar-refractivity contribution in [3.05, 3.63) is 17.7 Å². The van der Waals surface area contributed by atoms with Gasteiger partial charge in [-0.25, -0.2) is 4.98 Å². The maximum absolute atomic E-state index is 9.13. The molecule has 2 rings (SSSR count). The fourth-order valence-electron chi connectivity index (χ4n) is 2.75. The molecule has 1 atom stereocenters. The molecular formula is C17H30N2O2S. The van der Waals surface area contributed by atoms with Crippen LogP contribution in [-0.4, -0.2) is 32.7 Å². The molecule has 5 heteroatoms. The summed E-state index contributed by atoms with van der Waals surface area (Å²) in [5.41, 5.74) is 1.25. The van der Waals surface area contributed by atoms with E-state index in [4.69, 9.17) is 14.8 Å². The number of rotatable bonds is 10. The predicted octanol–water partition coefficient (Wildman–Crippen LogP) is 3.95. The molecule has 0 amide bonds. The number of nitrogens with zero attached hydrogens (tertiary/aromatic N) is 2. The van der Waals surface area contributed by atoms with Crippen molar-refractivity contribution in [1.82, 2.24) is 8.96 Å². The van der Waals surface area contributed by atoms with Crippen molar-refractivity contribution >= 4 is 11.9 Å². The third-order valence-corrected chi connectivity index (χ3v) is 5.18.